The molecule has 1 saturated heterocycles. The van der Waals surface area contributed by atoms with Crippen LogP contribution in [-0.4, -0.2) is 25.2 Å². The molecule has 1 heterocycles. The maximum Gasteiger partial charge on any atom is 0.255 e. The van der Waals surface area contributed by atoms with Gasteiger partial charge in [-0.1, -0.05) is 6.07 Å². The Morgan fingerprint density at radius 2 is 2.00 bits per heavy atom. The number of carbonyl (C=O) groups excluding carboxylic acids is 1. The molecule has 1 amide bonds. The molecule has 25 heavy (non-hydrogen) atoms. The fourth-order valence-electron chi connectivity index (χ4n) is 2.97. The summed E-state index contributed by atoms with van der Waals surface area (Å²) in [6, 6.07) is 11.4. The quantitative estimate of drug-likeness (QED) is 0.773. The van der Waals surface area contributed by atoms with E-state index >= 15 is 0 Å². The minimum atomic E-state index is -0.142. The van der Waals surface area contributed by atoms with Gasteiger partial charge in [-0.05, 0) is 84.1 Å². The molecule has 1 aliphatic rings. The van der Waals surface area contributed by atoms with Gasteiger partial charge in [-0.25, -0.2) is 0 Å². The Kier molecular flexibility index (Phi) is 5.76. The molecule has 1 unspecified atom stereocenters. The molecule has 0 bridgehead atoms. The number of nitrogens with one attached hydrogen (secondary N) is 1. The number of rotatable bonds is 5. The average molecular weight is 404 g/mol. The SMILES string of the molecule is Cc1cc(C)cc(NC(=O)c2ccc(OCC3CCCO3)c(Br)c2)c1. The van der Waals surface area contributed by atoms with E-state index in [0.717, 1.165) is 46.5 Å². The van der Waals surface area contributed by atoms with Crippen LogP contribution in [0.1, 0.15) is 34.3 Å². The topological polar surface area (TPSA) is 47.6 Å². The number of benzene rings is 2. The number of hydrogen-bond acceptors (Lipinski definition) is 3. The summed E-state index contributed by atoms with van der Waals surface area (Å²) in [5.41, 5.74) is 3.62. The third-order valence-corrected chi connectivity index (χ3v) is 4.74. The summed E-state index contributed by atoms with van der Waals surface area (Å²) >= 11 is 3.49. The number of aryl methyl sites for hydroxylation is 2. The first kappa shape index (κ1) is 18.0. The van der Waals surface area contributed by atoms with Gasteiger partial charge in [0.15, 0.2) is 0 Å². The van der Waals surface area contributed by atoms with Crippen molar-refractivity contribution in [1.82, 2.24) is 0 Å². The average Bonchev–Trinajstić information content (AvgIpc) is 3.06. The third-order valence-electron chi connectivity index (χ3n) is 4.12. The van der Waals surface area contributed by atoms with Gasteiger partial charge in [0.1, 0.15) is 12.4 Å². The van der Waals surface area contributed by atoms with E-state index in [0.29, 0.717) is 12.2 Å². The molecule has 2 aromatic carbocycles. The van der Waals surface area contributed by atoms with E-state index in [1.165, 1.54) is 0 Å². The van der Waals surface area contributed by atoms with Gasteiger partial charge >= 0.3 is 0 Å². The van der Waals surface area contributed by atoms with E-state index in [4.69, 9.17) is 9.47 Å². The molecule has 3 rings (SSSR count). The third kappa shape index (κ3) is 4.83. The lowest BCUT2D eigenvalue weighted by Gasteiger charge is -2.13. The molecule has 1 aliphatic heterocycles. The zero-order valence-electron chi connectivity index (χ0n) is 14.5. The van der Waals surface area contributed by atoms with Gasteiger partial charge in [0.25, 0.3) is 5.91 Å². The monoisotopic (exact) mass is 403 g/mol. The summed E-state index contributed by atoms with van der Waals surface area (Å²) in [4.78, 5) is 12.5. The second-order valence-corrected chi connectivity index (χ2v) is 7.28. The van der Waals surface area contributed by atoms with Crippen LogP contribution in [0.25, 0.3) is 0 Å². The summed E-state index contributed by atoms with van der Waals surface area (Å²) in [5.74, 6) is 0.579. The molecule has 0 aromatic heterocycles. The molecular weight excluding hydrogens is 382 g/mol. The molecule has 0 radical (unpaired) electrons. The predicted octanol–water partition coefficient (Wildman–Crippen LogP) is 4.88. The van der Waals surface area contributed by atoms with Crippen LogP contribution in [0.3, 0.4) is 0 Å². The van der Waals surface area contributed by atoms with Gasteiger partial charge in [0, 0.05) is 17.9 Å². The molecular formula is C20H22BrNO3. The van der Waals surface area contributed by atoms with Crippen LogP contribution in [-0.2, 0) is 4.74 Å². The van der Waals surface area contributed by atoms with Crippen LogP contribution >= 0.6 is 15.9 Å². The number of amides is 1. The van der Waals surface area contributed by atoms with E-state index in [1.54, 1.807) is 12.1 Å². The maximum atomic E-state index is 12.5. The van der Waals surface area contributed by atoms with Crippen molar-refractivity contribution >= 4 is 27.5 Å². The predicted molar refractivity (Wildman–Crippen MR) is 102 cm³/mol. The van der Waals surface area contributed by atoms with E-state index in [9.17, 15) is 4.79 Å². The first-order chi connectivity index (χ1) is 12.0. The van der Waals surface area contributed by atoms with E-state index in [1.807, 2.05) is 32.0 Å². The molecule has 1 fully saturated rings. The Morgan fingerprint density at radius 1 is 1.24 bits per heavy atom. The van der Waals surface area contributed by atoms with Crippen LogP contribution in [0.2, 0.25) is 0 Å². The first-order valence-corrected chi connectivity index (χ1v) is 9.24. The Labute approximate surface area is 156 Å². The summed E-state index contributed by atoms with van der Waals surface area (Å²) in [6.45, 7) is 5.37. The van der Waals surface area contributed by atoms with E-state index in [-0.39, 0.29) is 12.0 Å². The molecule has 5 heteroatoms. The van der Waals surface area contributed by atoms with E-state index < -0.39 is 0 Å². The van der Waals surface area contributed by atoms with Crippen molar-refractivity contribution < 1.29 is 14.3 Å². The Bertz CT molecular complexity index is 749. The lowest BCUT2D eigenvalue weighted by molar-refractivity contribution is 0.0677. The van der Waals surface area contributed by atoms with Gasteiger partial charge < -0.3 is 14.8 Å². The number of anilines is 1. The minimum absolute atomic E-state index is 0.142. The van der Waals surface area contributed by atoms with Gasteiger partial charge in [-0.3, -0.25) is 4.79 Å². The lowest BCUT2D eigenvalue weighted by atomic mass is 10.1. The van der Waals surface area contributed by atoms with Crippen molar-refractivity contribution in [1.29, 1.82) is 0 Å². The molecule has 0 saturated carbocycles. The fraction of sp³-hybridized carbons (Fsp3) is 0.350. The van der Waals surface area contributed by atoms with Crippen LogP contribution in [0.4, 0.5) is 5.69 Å². The number of ether oxygens (including phenoxy) is 2. The van der Waals surface area contributed by atoms with Gasteiger partial charge in [-0.15, -0.1) is 0 Å². The Hall–Kier alpha value is -1.85. The maximum absolute atomic E-state index is 12.5. The second kappa shape index (κ2) is 8.02. The minimum Gasteiger partial charge on any atom is -0.490 e. The largest absolute Gasteiger partial charge is 0.490 e. The highest BCUT2D eigenvalue weighted by Crippen LogP contribution is 2.27. The second-order valence-electron chi connectivity index (χ2n) is 6.42. The highest BCUT2D eigenvalue weighted by Gasteiger charge is 2.17. The molecule has 2 aromatic rings. The van der Waals surface area contributed by atoms with E-state index in [2.05, 4.69) is 27.3 Å². The van der Waals surface area contributed by atoms with Crippen LogP contribution in [0.5, 0.6) is 5.75 Å². The zero-order valence-corrected chi connectivity index (χ0v) is 16.1. The van der Waals surface area contributed by atoms with Gasteiger partial charge in [0.05, 0.1) is 10.6 Å². The smallest absolute Gasteiger partial charge is 0.255 e. The Balaban J connectivity index is 1.65. The van der Waals surface area contributed by atoms with Crippen LogP contribution < -0.4 is 10.1 Å². The van der Waals surface area contributed by atoms with Crippen molar-refractivity contribution in [3.05, 3.63) is 57.6 Å². The number of halogens is 1. The first-order valence-electron chi connectivity index (χ1n) is 8.45. The zero-order chi connectivity index (χ0) is 17.8. The molecule has 1 atom stereocenters. The molecule has 1 N–H and O–H groups in total. The van der Waals surface area contributed by atoms with Crippen molar-refractivity contribution in [2.45, 2.75) is 32.8 Å². The van der Waals surface area contributed by atoms with Crippen molar-refractivity contribution in [2.75, 3.05) is 18.5 Å². The molecule has 0 aliphatic carbocycles. The van der Waals surface area contributed by atoms with Crippen molar-refractivity contribution in [3.8, 4) is 5.75 Å². The fourth-order valence-corrected chi connectivity index (χ4v) is 3.46. The summed E-state index contributed by atoms with van der Waals surface area (Å²) in [5, 5.41) is 2.94. The number of hydrogen-bond donors (Lipinski definition) is 1. The highest BCUT2D eigenvalue weighted by molar-refractivity contribution is 9.10. The molecule has 132 valence electrons. The molecule has 4 nitrogen and oxygen atoms in total. The van der Waals surface area contributed by atoms with Gasteiger partial charge in [0.2, 0.25) is 0 Å². The van der Waals surface area contributed by atoms with Crippen LogP contribution in [0.15, 0.2) is 40.9 Å². The standard InChI is InChI=1S/C20H22BrNO3/c1-13-8-14(2)10-16(9-13)22-20(23)15-5-6-19(18(21)11-15)25-12-17-4-3-7-24-17/h5-6,8-11,17H,3-4,7,12H2,1-2H3,(H,22,23). The van der Waals surface area contributed by atoms with Crippen molar-refractivity contribution in [2.24, 2.45) is 0 Å². The lowest BCUT2D eigenvalue weighted by Crippen LogP contribution is -2.16. The molecule has 0 spiro atoms. The van der Waals surface area contributed by atoms with Gasteiger partial charge in [-0.2, -0.15) is 0 Å². The Morgan fingerprint density at radius 3 is 2.64 bits per heavy atom. The van der Waals surface area contributed by atoms with Crippen LogP contribution in [0, 0.1) is 13.8 Å². The highest BCUT2D eigenvalue weighted by atomic mass is 79.9. The normalized spacial score (nSPS) is 16.7. The summed E-state index contributed by atoms with van der Waals surface area (Å²) in [7, 11) is 0. The number of carbonyl (C=O) groups is 1. The summed E-state index contributed by atoms with van der Waals surface area (Å²) in [6.07, 6.45) is 2.29. The van der Waals surface area contributed by atoms with Crippen molar-refractivity contribution in [3.63, 3.8) is 0 Å². The summed E-state index contributed by atoms with van der Waals surface area (Å²) < 4.78 is 12.1.